The Balaban J connectivity index is 1.60. The number of hydrogen-bond donors (Lipinski definition) is 7. The molecule has 1 aliphatic carbocycles. The standard InChI is InChI=1S/C28H40O11/c1-15-11-18(29)13-27(3,4)28(15,36)10-9-16(2)38-26-25(35)24(34)23(33)21(39-26)14-37-22(32)8-6-17-5-7-19(30)20(31)12-17/h5-10,12,15-16,18,21,23-26,29-31,33-36H,11,13-14H2,1-4H3/t15-,16-,18+,21-,23-,24+,25-,26-,28-/m1/s1. The van der Waals surface area contributed by atoms with Crippen LogP contribution in [0, 0.1) is 11.3 Å². The average Bonchev–Trinajstić information content (AvgIpc) is 2.86. The summed E-state index contributed by atoms with van der Waals surface area (Å²) in [5.41, 5.74) is -1.39. The van der Waals surface area contributed by atoms with Crippen molar-refractivity contribution in [3.63, 3.8) is 0 Å². The van der Waals surface area contributed by atoms with E-state index in [1.165, 1.54) is 24.3 Å². The van der Waals surface area contributed by atoms with E-state index in [1.807, 2.05) is 20.8 Å². The van der Waals surface area contributed by atoms with Gasteiger partial charge in [-0.15, -0.1) is 0 Å². The molecule has 1 aromatic rings. The Bertz CT molecular complexity index is 1050. The SMILES string of the molecule is C[C@H](C=C[C@@]1(O)[C@H](C)C[C@H](O)CC1(C)C)O[C@@H]1O[C@H](COC(=O)C=Cc2ccc(O)c(O)c2)[C@@H](O)[C@H](O)[C@H]1O. The van der Waals surface area contributed by atoms with E-state index >= 15 is 0 Å². The molecule has 11 heteroatoms. The average molecular weight is 553 g/mol. The molecule has 2 fully saturated rings. The lowest BCUT2D eigenvalue weighted by Crippen LogP contribution is -2.59. The number of phenolic OH excluding ortho intramolecular Hbond substituents is 2. The zero-order chi connectivity index (χ0) is 29.1. The van der Waals surface area contributed by atoms with Crippen molar-refractivity contribution in [2.24, 2.45) is 11.3 Å². The van der Waals surface area contributed by atoms with Crippen molar-refractivity contribution in [3.05, 3.63) is 42.0 Å². The van der Waals surface area contributed by atoms with Crippen LogP contribution in [-0.4, -0.2) is 96.8 Å². The summed E-state index contributed by atoms with van der Waals surface area (Å²) in [7, 11) is 0. The molecule has 0 spiro atoms. The topological polar surface area (TPSA) is 186 Å². The highest BCUT2D eigenvalue weighted by Crippen LogP contribution is 2.48. The second-order valence-electron chi connectivity index (χ2n) is 11.1. The number of ether oxygens (including phenoxy) is 3. The van der Waals surface area contributed by atoms with Gasteiger partial charge in [-0.2, -0.15) is 0 Å². The van der Waals surface area contributed by atoms with E-state index in [9.17, 15) is 40.5 Å². The number of carbonyl (C=O) groups excluding carboxylic acids is 1. The molecular weight excluding hydrogens is 512 g/mol. The Morgan fingerprint density at radius 2 is 1.82 bits per heavy atom. The molecule has 9 atom stereocenters. The molecule has 11 nitrogen and oxygen atoms in total. The molecule has 1 saturated carbocycles. The van der Waals surface area contributed by atoms with Crippen molar-refractivity contribution in [1.29, 1.82) is 0 Å². The summed E-state index contributed by atoms with van der Waals surface area (Å²) in [4.78, 5) is 12.1. The Morgan fingerprint density at radius 3 is 2.46 bits per heavy atom. The van der Waals surface area contributed by atoms with Crippen molar-refractivity contribution in [2.75, 3.05) is 6.61 Å². The molecular formula is C28H40O11. The van der Waals surface area contributed by atoms with Crippen LogP contribution in [0.4, 0.5) is 0 Å². The number of aliphatic hydroxyl groups is 5. The number of phenols is 2. The van der Waals surface area contributed by atoms with Crippen LogP contribution in [-0.2, 0) is 19.0 Å². The van der Waals surface area contributed by atoms with Gasteiger partial charge in [0.05, 0.1) is 17.8 Å². The normalized spacial score (nSPS) is 35.8. The van der Waals surface area contributed by atoms with E-state index in [0.717, 1.165) is 6.08 Å². The highest BCUT2D eigenvalue weighted by atomic mass is 16.7. The van der Waals surface area contributed by atoms with Crippen molar-refractivity contribution < 1.29 is 54.8 Å². The number of rotatable bonds is 8. The van der Waals surface area contributed by atoms with E-state index in [1.54, 1.807) is 19.1 Å². The smallest absolute Gasteiger partial charge is 0.330 e. The molecule has 0 unspecified atom stereocenters. The fourth-order valence-electron chi connectivity index (χ4n) is 5.21. The molecule has 2 aliphatic rings. The van der Waals surface area contributed by atoms with Crippen LogP contribution in [0.25, 0.3) is 6.08 Å². The van der Waals surface area contributed by atoms with Crippen molar-refractivity contribution in [3.8, 4) is 11.5 Å². The zero-order valence-electron chi connectivity index (χ0n) is 22.5. The summed E-state index contributed by atoms with van der Waals surface area (Å²) in [6, 6.07) is 3.98. The predicted octanol–water partition coefficient (Wildman–Crippen LogP) is 0.971. The molecule has 0 bridgehead atoms. The van der Waals surface area contributed by atoms with Gasteiger partial charge in [0, 0.05) is 6.08 Å². The minimum Gasteiger partial charge on any atom is -0.504 e. The molecule has 0 aromatic heterocycles. The number of carbonyl (C=O) groups is 1. The lowest BCUT2D eigenvalue weighted by atomic mass is 9.60. The molecule has 0 radical (unpaired) electrons. The molecule has 39 heavy (non-hydrogen) atoms. The molecule has 1 aromatic carbocycles. The zero-order valence-corrected chi connectivity index (χ0v) is 22.5. The van der Waals surface area contributed by atoms with Gasteiger partial charge < -0.3 is 50.0 Å². The van der Waals surface area contributed by atoms with Crippen LogP contribution in [0.1, 0.15) is 46.1 Å². The van der Waals surface area contributed by atoms with Crippen LogP contribution >= 0.6 is 0 Å². The van der Waals surface area contributed by atoms with Gasteiger partial charge in [-0.3, -0.25) is 0 Å². The maximum Gasteiger partial charge on any atom is 0.330 e. The summed E-state index contributed by atoms with van der Waals surface area (Å²) in [6.45, 7) is 6.82. The Kier molecular flexibility index (Phi) is 9.82. The van der Waals surface area contributed by atoms with E-state index in [4.69, 9.17) is 14.2 Å². The monoisotopic (exact) mass is 552 g/mol. The molecule has 1 heterocycles. The van der Waals surface area contributed by atoms with E-state index in [-0.39, 0.29) is 17.4 Å². The third-order valence-electron chi connectivity index (χ3n) is 7.65. The minimum absolute atomic E-state index is 0.221. The van der Waals surface area contributed by atoms with Gasteiger partial charge in [-0.1, -0.05) is 39.0 Å². The summed E-state index contributed by atoms with van der Waals surface area (Å²) in [5.74, 6) is -1.67. The quantitative estimate of drug-likeness (QED) is 0.105. The molecule has 1 saturated heterocycles. The lowest BCUT2D eigenvalue weighted by Gasteiger charge is -2.50. The number of aliphatic hydroxyl groups excluding tert-OH is 4. The largest absolute Gasteiger partial charge is 0.504 e. The predicted molar refractivity (Wildman–Crippen MR) is 139 cm³/mol. The first-order valence-electron chi connectivity index (χ1n) is 13.0. The third-order valence-corrected chi connectivity index (χ3v) is 7.65. The third kappa shape index (κ3) is 7.17. The molecule has 3 rings (SSSR count). The van der Waals surface area contributed by atoms with Gasteiger partial charge in [0.15, 0.2) is 17.8 Å². The first-order valence-corrected chi connectivity index (χ1v) is 13.0. The summed E-state index contributed by atoms with van der Waals surface area (Å²) in [5, 5.41) is 71.5. The van der Waals surface area contributed by atoms with Crippen molar-refractivity contribution >= 4 is 12.0 Å². The van der Waals surface area contributed by atoms with Gasteiger partial charge in [-0.05, 0) is 54.9 Å². The number of esters is 1. The Labute approximate surface area is 227 Å². The number of benzene rings is 1. The van der Waals surface area contributed by atoms with E-state index in [2.05, 4.69) is 0 Å². The number of hydrogen-bond acceptors (Lipinski definition) is 11. The molecule has 0 amide bonds. The summed E-state index contributed by atoms with van der Waals surface area (Å²) >= 11 is 0. The second kappa shape index (κ2) is 12.3. The maximum absolute atomic E-state index is 12.1. The Hall–Kier alpha value is -2.51. The van der Waals surface area contributed by atoms with Gasteiger partial charge in [0.1, 0.15) is 31.0 Å². The highest BCUT2D eigenvalue weighted by Gasteiger charge is 2.50. The van der Waals surface area contributed by atoms with Crippen LogP contribution < -0.4 is 0 Å². The maximum atomic E-state index is 12.1. The van der Waals surface area contributed by atoms with Gasteiger partial charge in [0.2, 0.25) is 0 Å². The van der Waals surface area contributed by atoms with Crippen LogP contribution in [0.3, 0.4) is 0 Å². The van der Waals surface area contributed by atoms with Gasteiger partial charge >= 0.3 is 5.97 Å². The first kappa shape index (κ1) is 31.0. The van der Waals surface area contributed by atoms with E-state index in [0.29, 0.717) is 18.4 Å². The van der Waals surface area contributed by atoms with Crippen LogP contribution in [0.15, 0.2) is 36.4 Å². The van der Waals surface area contributed by atoms with E-state index < -0.39 is 66.5 Å². The summed E-state index contributed by atoms with van der Waals surface area (Å²) in [6.07, 6.45) is -2.00. The molecule has 218 valence electrons. The van der Waals surface area contributed by atoms with Crippen LogP contribution in [0.5, 0.6) is 11.5 Å². The van der Waals surface area contributed by atoms with Crippen molar-refractivity contribution in [2.45, 2.75) is 89.1 Å². The number of aromatic hydroxyl groups is 2. The second-order valence-corrected chi connectivity index (χ2v) is 11.1. The van der Waals surface area contributed by atoms with Crippen molar-refractivity contribution in [1.82, 2.24) is 0 Å². The Morgan fingerprint density at radius 1 is 1.13 bits per heavy atom. The van der Waals surface area contributed by atoms with Gasteiger partial charge in [-0.25, -0.2) is 4.79 Å². The fraction of sp³-hybridized carbons (Fsp3) is 0.607. The fourth-order valence-corrected chi connectivity index (χ4v) is 5.21. The highest BCUT2D eigenvalue weighted by molar-refractivity contribution is 5.87. The molecule has 7 N–H and O–H groups in total. The van der Waals surface area contributed by atoms with Gasteiger partial charge in [0.25, 0.3) is 0 Å². The van der Waals surface area contributed by atoms with Crippen LogP contribution in [0.2, 0.25) is 0 Å². The molecule has 1 aliphatic heterocycles. The first-order chi connectivity index (χ1) is 18.1. The minimum atomic E-state index is -1.64. The summed E-state index contributed by atoms with van der Waals surface area (Å²) < 4.78 is 16.5. The lowest BCUT2D eigenvalue weighted by molar-refractivity contribution is -0.306.